The average molecular weight is 326 g/mol. The monoisotopic (exact) mass is 325 g/mol. The van der Waals surface area contributed by atoms with Crippen LogP contribution >= 0.6 is 23.2 Å². The summed E-state index contributed by atoms with van der Waals surface area (Å²) in [6.45, 7) is -0.435. The lowest BCUT2D eigenvalue weighted by Crippen LogP contribution is -2.20. The van der Waals surface area contributed by atoms with E-state index in [4.69, 9.17) is 27.9 Å². The van der Waals surface area contributed by atoms with Gasteiger partial charge in [-0.3, -0.25) is 4.79 Å². The molecule has 0 heterocycles. The van der Waals surface area contributed by atoms with E-state index in [9.17, 15) is 9.90 Å². The maximum absolute atomic E-state index is 11.8. The smallest absolute Gasteiger partial charge is 0.262 e. The molecule has 0 atom stereocenters. The molecule has 0 fully saturated rings. The van der Waals surface area contributed by atoms with E-state index in [0.29, 0.717) is 27.0 Å². The van der Waals surface area contributed by atoms with Crippen LogP contribution in [0.3, 0.4) is 0 Å². The van der Waals surface area contributed by atoms with Crippen LogP contribution in [0.2, 0.25) is 10.0 Å². The Bertz CT molecular complexity index is 647. The molecule has 2 aromatic rings. The van der Waals surface area contributed by atoms with Crippen LogP contribution < -0.4 is 10.1 Å². The predicted octanol–water partition coefficient (Wildman–Crippen LogP) is 3.50. The van der Waals surface area contributed by atoms with Gasteiger partial charge in [-0.15, -0.1) is 0 Å². The number of aliphatic hydroxyl groups is 1. The lowest BCUT2D eigenvalue weighted by molar-refractivity contribution is -0.118. The zero-order valence-corrected chi connectivity index (χ0v) is 12.5. The van der Waals surface area contributed by atoms with E-state index in [-0.39, 0.29) is 19.1 Å². The molecule has 0 aliphatic rings. The highest BCUT2D eigenvalue weighted by Crippen LogP contribution is 2.28. The van der Waals surface area contributed by atoms with Gasteiger partial charge in [-0.1, -0.05) is 41.4 Å². The maximum atomic E-state index is 11.8. The number of hydrogen-bond acceptors (Lipinski definition) is 3. The van der Waals surface area contributed by atoms with Crippen LogP contribution in [0.25, 0.3) is 0 Å². The van der Waals surface area contributed by atoms with Gasteiger partial charge in [0.1, 0.15) is 5.75 Å². The third-order valence-electron chi connectivity index (χ3n) is 2.67. The van der Waals surface area contributed by atoms with E-state index in [1.165, 1.54) is 0 Å². The Hall–Kier alpha value is -1.75. The molecular formula is C15H13Cl2NO3. The Morgan fingerprint density at radius 1 is 1.19 bits per heavy atom. The number of carbonyl (C=O) groups excluding carboxylic acids is 1. The van der Waals surface area contributed by atoms with Crippen molar-refractivity contribution in [3.8, 4) is 5.75 Å². The first-order valence-corrected chi connectivity index (χ1v) is 6.92. The Labute approximate surface area is 132 Å². The number of carbonyl (C=O) groups is 1. The molecule has 0 saturated carbocycles. The van der Waals surface area contributed by atoms with Crippen molar-refractivity contribution in [1.29, 1.82) is 0 Å². The van der Waals surface area contributed by atoms with Crippen molar-refractivity contribution in [2.24, 2.45) is 0 Å². The van der Waals surface area contributed by atoms with E-state index < -0.39 is 0 Å². The first-order valence-electron chi connectivity index (χ1n) is 6.16. The molecular weight excluding hydrogens is 313 g/mol. The molecule has 0 unspecified atom stereocenters. The number of anilines is 1. The van der Waals surface area contributed by atoms with Gasteiger partial charge in [-0.05, 0) is 24.3 Å². The largest absolute Gasteiger partial charge is 0.482 e. The molecule has 0 spiro atoms. The van der Waals surface area contributed by atoms with Crippen LogP contribution in [0.1, 0.15) is 5.56 Å². The van der Waals surface area contributed by atoms with Crippen molar-refractivity contribution in [2.75, 3.05) is 11.9 Å². The molecule has 6 heteroatoms. The third-order valence-corrected chi connectivity index (χ3v) is 3.21. The number of amides is 1. The maximum Gasteiger partial charge on any atom is 0.262 e. The molecule has 0 aromatic heterocycles. The standard InChI is InChI=1S/C15H13Cl2NO3/c16-11-4-2-5-12(7-11)18-14(20)9-21-15-10(8-19)3-1-6-13(15)17/h1-7,19H,8-9H2,(H,18,20). The average Bonchev–Trinajstić information content (AvgIpc) is 2.45. The molecule has 0 bridgehead atoms. The number of aliphatic hydroxyl groups excluding tert-OH is 1. The minimum absolute atomic E-state index is 0.216. The van der Waals surface area contributed by atoms with Crippen LogP contribution in [0.15, 0.2) is 42.5 Å². The molecule has 2 N–H and O–H groups in total. The van der Waals surface area contributed by atoms with Gasteiger partial charge in [-0.2, -0.15) is 0 Å². The number of ether oxygens (including phenoxy) is 1. The lowest BCUT2D eigenvalue weighted by atomic mass is 10.2. The Morgan fingerprint density at radius 2 is 1.95 bits per heavy atom. The zero-order valence-electron chi connectivity index (χ0n) is 11.0. The zero-order chi connectivity index (χ0) is 15.2. The summed E-state index contributed by atoms with van der Waals surface area (Å²) >= 11 is 11.8. The van der Waals surface area contributed by atoms with E-state index in [1.54, 1.807) is 42.5 Å². The van der Waals surface area contributed by atoms with Gasteiger partial charge < -0.3 is 15.2 Å². The Kier molecular flexibility index (Phi) is 5.44. The number of hydrogen-bond donors (Lipinski definition) is 2. The van der Waals surface area contributed by atoms with Crippen molar-refractivity contribution in [1.82, 2.24) is 0 Å². The van der Waals surface area contributed by atoms with Gasteiger partial charge in [0.25, 0.3) is 5.91 Å². The fourth-order valence-corrected chi connectivity index (χ4v) is 2.18. The van der Waals surface area contributed by atoms with Gasteiger partial charge >= 0.3 is 0 Å². The Morgan fingerprint density at radius 3 is 2.67 bits per heavy atom. The first kappa shape index (κ1) is 15.6. The summed E-state index contributed by atoms with van der Waals surface area (Å²) in [4.78, 5) is 11.8. The van der Waals surface area contributed by atoms with Gasteiger partial charge in [0.05, 0.1) is 11.6 Å². The van der Waals surface area contributed by atoms with Crippen LogP contribution in [0, 0.1) is 0 Å². The van der Waals surface area contributed by atoms with E-state index >= 15 is 0 Å². The molecule has 4 nitrogen and oxygen atoms in total. The van der Waals surface area contributed by atoms with Crippen molar-refractivity contribution in [3.05, 3.63) is 58.1 Å². The fourth-order valence-electron chi connectivity index (χ4n) is 1.74. The van der Waals surface area contributed by atoms with Crippen LogP contribution in [-0.4, -0.2) is 17.6 Å². The van der Waals surface area contributed by atoms with Gasteiger partial charge in [0.15, 0.2) is 6.61 Å². The van der Waals surface area contributed by atoms with Crippen LogP contribution in [0.5, 0.6) is 5.75 Å². The number of nitrogens with one attached hydrogen (secondary N) is 1. The predicted molar refractivity (Wildman–Crippen MR) is 83.0 cm³/mol. The number of para-hydroxylation sites is 1. The summed E-state index contributed by atoms with van der Waals surface area (Å²) < 4.78 is 5.39. The second kappa shape index (κ2) is 7.31. The topological polar surface area (TPSA) is 58.6 Å². The molecule has 0 aliphatic heterocycles. The van der Waals surface area contributed by atoms with Crippen molar-refractivity contribution in [3.63, 3.8) is 0 Å². The minimum Gasteiger partial charge on any atom is -0.482 e. The minimum atomic E-state index is -0.346. The van der Waals surface area contributed by atoms with Crippen molar-refractivity contribution < 1.29 is 14.6 Å². The van der Waals surface area contributed by atoms with E-state index in [1.807, 2.05) is 0 Å². The second-order valence-corrected chi connectivity index (χ2v) is 5.08. The highest BCUT2D eigenvalue weighted by atomic mass is 35.5. The third kappa shape index (κ3) is 4.36. The molecule has 1 amide bonds. The molecule has 0 aliphatic carbocycles. The van der Waals surface area contributed by atoms with Gasteiger partial charge in [0, 0.05) is 16.3 Å². The molecule has 2 aromatic carbocycles. The molecule has 0 radical (unpaired) electrons. The van der Waals surface area contributed by atoms with Crippen LogP contribution in [0.4, 0.5) is 5.69 Å². The SMILES string of the molecule is O=C(COc1c(Cl)cccc1CO)Nc1cccc(Cl)c1. The summed E-state index contributed by atoms with van der Waals surface area (Å²) in [5, 5.41) is 12.8. The fraction of sp³-hybridized carbons (Fsp3) is 0.133. The van der Waals surface area contributed by atoms with E-state index in [0.717, 1.165) is 0 Å². The molecule has 110 valence electrons. The molecule has 0 saturated heterocycles. The highest BCUT2D eigenvalue weighted by Gasteiger charge is 2.10. The van der Waals surface area contributed by atoms with Crippen LogP contribution in [-0.2, 0) is 11.4 Å². The van der Waals surface area contributed by atoms with Crippen molar-refractivity contribution in [2.45, 2.75) is 6.61 Å². The second-order valence-electron chi connectivity index (χ2n) is 4.23. The lowest BCUT2D eigenvalue weighted by Gasteiger charge is -2.12. The summed E-state index contributed by atoms with van der Waals surface area (Å²) in [6.07, 6.45) is 0. The summed E-state index contributed by atoms with van der Waals surface area (Å²) in [7, 11) is 0. The normalized spacial score (nSPS) is 10.2. The van der Waals surface area contributed by atoms with E-state index in [2.05, 4.69) is 5.32 Å². The quantitative estimate of drug-likeness (QED) is 0.884. The summed E-state index contributed by atoms with van der Waals surface area (Å²) in [6, 6.07) is 11.8. The number of rotatable bonds is 5. The van der Waals surface area contributed by atoms with Gasteiger partial charge in [-0.25, -0.2) is 0 Å². The van der Waals surface area contributed by atoms with Gasteiger partial charge in [0.2, 0.25) is 0 Å². The molecule has 2 rings (SSSR count). The summed E-state index contributed by atoms with van der Waals surface area (Å²) in [5.41, 5.74) is 1.11. The summed E-state index contributed by atoms with van der Waals surface area (Å²) in [5.74, 6) is -0.0380. The first-order chi connectivity index (χ1) is 10.1. The number of benzene rings is 2. The van der Waals surface area contributed by atoms with Crippen molar-refractivity contribution >= 4 is 34.8 Å². The number of halogens is 2. The Balaban J connectivity index is 1.99. The highest BCUT2D eigenvalue weighted by molar-refractivity contribution is 6.32. The molecule has 21 heavy (non-hydrogen) atoms.